The summed E-state index contributed by atoms with van der Waals surface area (Å²) in [7, 11) is 0. The third-order valence-corrected chi connectivity index (χ3v) is 12.6. The number of anilines is 5. The number of fused-ring (bicyclic) bond motifs is 9. The standard InChI is InChI=1S/C56H40N4/c1-2-38-23-36-56-50(37-38)49-17-7-12-22-55(49)60(56)44-34-28-41(29-35-44)57(39-24-30-42(31-25-39)58-51-18-8-3-13-45(51)46-14-4-9-19-52(46)58)40-26-32-43(33-27-40)59-53-20-10-5-15-47(53)48-16-6-11-21-54(48)59/h2-37,45,51H,1H2. The van der Waals surface area contributed by atoms with Crippen molar-refractivity contribution in [1.82, 2.24) is 9.13 Å². The van der Waals surface area contributed by atoms with E-state index >= 15 is 0 Å². The maximum Gasteiger partial charge on any atom is 0.0629 e. The Morgan fingerprint density at radius 2 is 0.900 bits per heavy atom. The molecule has 2 atom stereocenters. The third-order valence-electron chi connectivity index (χ3n) is 12.6. The number of hydrogen-bond donors (Lipinski definition) is 0. The molecule has 4 heteroatoms. The van der Waals surface area contributed by atoms with Gasteiger partial charge in [-0.3, -0.25) is 0 Å². The molecule has 60 heavy (non-hydrogen) atoms. The predicted molar refractivity (Wildman–Crippen MR) is 253 cm³/mol. The van der Waals surface area contributed by atoms with Gasteiger partial charge in [-0.15, -0.1) is 0 Å². The Hall–Kier alpha value is -7.82. The summed E-state index contributed by atoms with van der Waals surface area (Å²) in [6, 6.07) is 68.9. The predicted octanol–water partition coefficient (Wildman–Crippen LogP) is 14.7. The molecule has 4 nitrogen and oxygen atoms in total. The van der Waals surface area contributed by atoms with Gasteiger partial charge in [0.15, 0.2) is 0 Å². The molecule has 0 saturated heterocycles. The average molecular weight is 769 g/mol. The van der Waals surface area contributed by atoms with E-state index in [1.165, 1.54) is 60.5 Å². The van der Waals surface area contributed by atoms with Crippen molar-refractivity contribution in [2.75, 3.05) is 9.80 Å². The van der Waals surface area contributed by atoms with E-state index in [9.17, 15) is 0 Å². The van der Waals surface area contributed by atoms with Crippen LogP contribution in [-0.2, 0) is 0 Å². The summed E-state index contributed by atoms with van der Waals surface area (Å²) in [5, 5.41) is 4.98. The van der Waals surface area contributed by atoms with Crippen molar-refractivity contribution in [3.63, 3.8) is 0 Å². The van der Waals surface area contributed by atoms with Gasteiger partial charge in [0.1, 0.15) is 0 Å². The number of hydrogen-bond acceptors (Lipinski definition) is 2. The normalized spacial score (nSPS) is 15.6. The summed E-state index contributed by atoms with van der Waals surface area (Å²) in [6.45, 7) is 4.03. The lowest BCUT2D eigenvalue weighted by molar-refractivity contribution is 0.745. The Bertz CT molecular complexity index is 3290. The van der Waals surface area contributed by atoms with Crippen LogP contribution in [0.3, 0.4) is 0 Å². The molecule has 0 radical (unpaired) electrons. The molecule has 0 spiro atoms. The Labute approximate surface area is 349 Å². The molecule has 0 amide bonds. The van der Waals surface area contributed by atoms with Crippen molar-refractivity contribution in [3.05, 3.63) is 230 Å². The van der Waals surface area contributed by atoms with Gasteiger partial charge in [-0.2, -0.15) is 0 Å². The molecule has 284 valence electrons. The number of rotatable bonds is 7. The second-order valence-electron chi connectivity index (χ2n) is 15.8. The van der Waals surface area contributed by atoms with E-state index in [0.29, 0.717) is 5.92 Å². The second kappa shape index (κ2) is 13.6. The lowest BCUT2D eigenvalue weighted by Crippen LogP contribution is -2.28. The molecule has 12 rings (SSSR count). The van der Waals surface area contributed by atoms with E-state index in [0.717, 1.165) is 34.0 Å². The molecule has 0 fully saturated rings. The van der Waals surface area contributed by atoms with Gasteiger partial charge in [-0.25, -0.2) is 0 Å². The van der Waals surface area contributed by atoms with E-state index in [1.54, 1.807) is 0 Å². The average Bonchev–Trinajstić information content (AvgIpc) is 3.96. The molecule has 3 heterocycles. The third kappa shape index (κ3) is 5.24. The summed E-state index contributed by atoms with van der Waals surface area (Å²) in [6.07, 6.45) is 11.0. The second-order valence-corrected chi connectivity index (χ2v) is 15.8. The Morgan fingerprint density at radius 3 is 1.47 bits per heavy atom. The zero-order valence-electron chi connectivity index (χ0n) is 32.9. The van der Waals surface area contributed by atoms with Crippen LogP contribution >= 0.6 is 0 Å². The molecule has 0 bridgehead atoms. The van der Waals surface area contributed by atoms with Crippen molar-refractivity contribution in [2.45, 2.75) is 12.0 Å². The summed E-state index contributed by atoms with van der Waals surface area (Å²) >= 11 is 0. The van der Waals surface area contributed by atoms with E-state index in [-0.39, 0.29) is 6.04 Å². The van der Waals surface area contributed by atoms with Gasteiger partial charge in [0, 0.05) is 67.3 Å². The first-order chi connectivity index (χ1) is 29.7. The summed E-state index contributed by atoms with van der Waals surface area (Å²) in [4.78, 5) is 4.86. The maximum atomic E-state index is 4.03. The van der Waals surface area contributed by atoms with Gasteiger partial charge in [0.25, 0.3) is 0 Å². The van der Waals surface area contributed by atoms with Crippen LogP contribution in [-0.4, -0.2) is 15.2 Å². The zero-order valence-corrected chi connectivity index (χ0v) is 32.9. The van der Waals surface area contributed by atoms with E-state index in [4.69, 9.17) is 0 Å². The highest BCUT2D eigenvalue weighted by atomic mass is 15.2. The van der Waals surface area contributed by atoms with Gasteiger partial charge in [0.05, 0.1) is 28.1 Å². The minimum atomic E-state index is 0.250. The van der Waals surface area contributed by atoms with Gasteiger partial charge >= 0.3 is 0 Å². The highest BCUT2D eigenvalue weighted by Crippen LogP contribution is 2.48. The van der Waals surface area contributed by atoms with Crippen molar-refractivity contribution in [3.8, 4) is 11.4 Å². The number of nitrogens with zero attached hydrogens (tertiary/aromatic N) is 4. The SMILES string of the molecule is C=Cc1ccc2c(c1)c1ccccc1n2-c1ccc(N(c2ccc(N3c4ccccc4C4C=CC=CC43)cc2)c2ccc(-n3c4ccccc4c4ccccc43)cc2)cc1. The molecule has 10 aromatic rings. The zero-order chi connectivity index (χ0) is 39.7. The highest BCUT2D eigenvalue weighted by molar-refractivity contribution is 6.10. The first-order valence-electron chi connectivity index (χ1n) is 20.7. The molecular formula is C56H40N4. The Balaban J connectivity index is 0.972. The van der Waals surface area contributed by atoms with Gasteiger partial charge in [-0.05, 0) is 120 Å². The lowest BCUT2D eigenvalue weighted by atomic mass is 9.91. The highest BCUT2D eigenvalue weighted by Gasteiger charge is 2.37. The van der Waals surface area contributed by atoms with Crippen molar-refractivity contribution < 1.29 is 0 Å². The van der Waals surface area contributed by atoms with Crippen LogP contribution in [0.25, 0.3) is 61.1 Å². The van der Waals surface area contributed by atoms with Crippen molar-refractivity contribution in [1.29, 1.82) is 0 Å². The largest absolute Gasteiger partial charge is 0.333 e. The Morgan fingerprint density at radius 1 is 0.433 bits per heavy atom. The van der Waals surface area contributed by atoms with E-state index in [1.807, 2.05) is 6.08 Å². The van der Waals surface area contributed by atoms with Crippen LogP contribution in [0.15, 0.2) is 219 Å². The van der Waals surface area contributed by atoms with Crippen molar-refractivity contribution >= 4 is 78.1 Å². The molecule has 2 aliphatic rings. The molecule has 2 unspecified atom stereocenters. The van der Waals surface area contributed by atoms with Crippen molar-refractivity contribution in [2.24, 2.45) is 0 Å². The number of para-hydroxylation sites is 4. The van der Waals surface area contributed by atoms with Gasteiger partial charge in [0.2, 0.25) is 0 Å². The molecule has 1 aliphatic carbocycles. The molecule has 8 aromatic carbocycles. The number of allylic oxidation sites excluding steroid dienone is 2. The van der Waals surface area contributed by atoms with Crippen LogP contribution in [0.5, 0.6) is 0 Å². The molecular weight excluding hydrogens is 729 g/mol. The van der Waals surface area contributed by atoms with E-state index in [2.05, 4.69) is 238 Å². The first-order valence-corrected chi connectivity index (χ1v) is 20.7. The first kappa shape index (κ1) is 34.2. The smallest absolute Gasteiger partial charge is 0.0629 e. The fourth-order valence-corrected chi connectivity index (χ4v) is 9.90. The van der Waals surface area contributed by atoms with Gasteiger partial charge in [-0.1, -0.05) is 116 Å². The van der Waals surface area contributed by atoms with Crippen LogP contribution in [0, 0.1) is 0 Å². The van der Waals surface area contributed by atoms with Crippen LogP contribution < -0.4 is 9.80 Å². The lowest BCUT2D eigenvalue weighted by Gasteiger charge is -2.30. The quantitative estimate of drug-likeness (QED) is 0.161. The monoisotopic (exact) mass is 768 g/mol. The number of aromatic nitrogens is 2. The molecule has 0 N–H and O–H groups in total. The summed E-state index contributed by atoms with van der Waals surface area (Å²) in [5.41, 5.74) is 15.2. The molecule has 2 aromatic heterocycles. The van der Waals surface area contributed by atoms with Crippen LogP contribution in [0.2, 0.25) is 0 Å². The maximum absolute atomic E-state index is 4.03. The minimum absolute atomic E-state index is 0.250. The van der Waals surface area contributed by atoms with Gasteiger partial charge < -0.3 is 18.9 Å². The topological polar surface area (TPSA) is 16.3 Å². The Kier molecular flexibility index (Phi) is 7.79. The summed E-state index contributed by atoms with van der Waals surface area (Å²) in [5.74, 6) is 0.340. The fraction of sp³-hybridized carbons (Fsp3) is 0.0357. The van der Waals surface area contributed by atoms with Crippen LogP contribution in [0.4, 0.5) is 28.4 Å². The van der Waals surface area contributed by atoms with Crippen LogP contribution in [0.1, 0.15) is 17.0 Å². The number of benzene rings is 8. The molecule has 0 saturated carbocycles. The summed E-state index contributed by atoms with van der Waals surface area (Å²) < 4.78 is 4.75. The molecule has 1 aliphatic heterocycles. The van der Waals surface area contributed by atoms with E-state index < -0.39 is 0 Å². The fourth-order valence-electron chi connectivity index (χ4n) is 9.90. The minimum Gasteiger partial charge on any atom is -0.333 e.